The molecule has 1 amide bonds. The average molecular weight is 327 g/mol. The number of carbonyl (C=O) groups excluding carboxylic acids is 1. The molecule has 1 aliphatic rings. The third kappa shape index (κ3) is 8.79. The average Bonchev–Trinajstić information content (AvgIpc) is 2.90. The van der Waals surface area contributed by atoms with E-state index in [1.54, 1.807) is 0 Å². The number of likely N-dealkylation sites (tertiary alicyclic amines) is 1. The lowest BCUT2D eigenvalue weighted by atomic mass is 10.2. The SMILES string of the molecule is C#C.CC(C)(C)OC(=O)N1CC[C@H](O)C1.Fc1ccccc1F. The van der Waals surface area contributed by atoms with Gasteiger partial charge in [-0.05, 0) is 39.3 Å². The summed E-state index contributed by atoms with van der Waals surface area (Å²) >= 11 is 0. The number of nitrogens with zero attached hydrogens (tertiary/aromatic N) is 1. The second-order valence-corrected chi connectivity index (χ2v) is 5.78. The van der Waals surface area contributed by atoms with E-state index < -0.39 is 17.2 Å². The third-order valence-corrected chi connectivity index (χ3v) is 2.64. The van der Waals surface area contributed by atoms with Crippen molar-refractivity contribution in [3.05, 3.63) is 35.9 Å². The molecule has 0 aromatic heterocycles. The second kappa shape index (κ2) is 9.80. The van der Waals surface area contributed by atoms with Crippen LogP contribution in [0.5, 0.6) is 0 Å². The summed E-state index contributed by atoms with van der Waals surface area (Å²) in [6, 6.07) is 5.04. The number of hydrogen-bond donors (Lipinski definition) is 1. The Morgan fingerprint density at radius 3 is 2.04 bits per heavy atom. The number of amides is 1. The molecule has 0 aliphatic carbocycles. The molecule has 0 saturated carbocycles. The van der Waals surface area contributed by atoms with Gasteiger partial charge in [0, 0.05) is 13.1 Å². The van der Waals surface area contributed by atoms with E-state index >= 15 is 0 Å². The Bertz CT molecular complexity index is 491. The number of aliphatic hydroxyl groups excluding tert-OH is 1. The Labute approximate surface area is 136 Å². The largest absolute Gasteiger partial charge is 0.444 e. The van der Waals surface area contributed by atoms with Crippen molar-refractivity contribution in [3.8, 4) is 12.8 Å². The lowest BCUT2D eigenvalue weighted by Crippen LogP contribution is -2.35. The van der Waals surface area contributed by atoms with E-state index in [0.29, 0.717) is 19.5 Å². The van der Waals surface area contributed by atoms with Crippen molar-refractivity contribution >= 4 is 6.09 Å². The molecular formula is C17H23F2NO3. The van der Waals surface area contributed by atoms with Gasteiger partial charge in [0.2, 0.25) is 0 Å². The predicted octanol–water partition coefficient (Wildman–Crippen LogP) is 3.20. The maximum Gasteiger partial charge on any atom is 0.410 e. The molecule has 4 nitrogen and oxygen atoms in total. The highest BCUT2D eigenvalue weighted by Crippen LogP contribution is 2.14. The van der Waals surface area contributed by atoms with Crippen LogP contribution in [0.25, 0.3) is 0 Å². The van der Waals surface area contributed by atoms with E-state index in [4.69, 9.17) is 4.74 Å². The zero-order valence-electron chi connectivity index (χ0n) is 13.6. The number of aliphatic hydroxyl groups is 1. The number of benzene rings is 1. The third-order valence-electron chi connectivity index (χ3n) is 2.64. The number of rotatable bonds is 0. The first-order chi connectivity index (χ1) is 10.7. The van der Waals surface area contributed by atoms with Crippen LogP contribution >= 0.6 is 0 Å². The van der Waals surface area contributed by atoms with Gasteiger partial charge in [-0.3, -0.25) is 0 Å². The van der Waals surface area contributed by atoms with Crippen molar-refractivity contribution < 1.29 is 23.4 Å². The maximum absolute atomic E-state index is 11.9. The van der Waals surface area contributed by atoms with Gasteiger partial charge in [-0.25, -0.2) is 13.6 Å². The standard InChI is InChI=1S/C9H17NO3.C6H4F2.C2H2/c1-9(2,3)13-8(12)10-5-4-7(11)6-10;7-5-3-1-2-4-6(5)8;1-2/h7,11H,4-6H2,1-3H3;1-4H;1-2H/t7-;;/m0../s1. The van der Waals surface area contributed by atoms with Crippen LogP contribution < -0.4 is 0 Å². The molecule has 23 heavy (non-hydrogen) atoms. The van der Waals surface area contributed by atoms with Crippen LogP contribution in [0.15, 0.2) is 24.3 Å². The molecule has 0 unspecified atom stereocenters. The first-order valence-corrected chi connectivity index (χ1v) is 7.08. The molecule has 0 bridgehead atoms. The molecule has 1 atom stereocenters. The second-order valence-electron chi connectivity index (χ2n) is 5.78. The Hall–Kier alpha value is -2.13. The van der Waals surface area contributed by atoms with Crippen LogP contribution in [-0.2, 0) is 4.74 Å². The highest BCUT2D eigenvalue weighted by atomic mass is 19.2. The fraction of sp³-hybridized carbons (Fsp3) is 0.471. The van der Waals surface area contributed by atoms with Crippen molar-refractivity contribution in [1.29, 1.82) is 0 Å². The van der Waals surface area contributed by atoms with Crippen LogP contribution in [0.4, 0.5) is 13.6 Å². The highest BCUT2D eigenvalue weighted by Gasteiger charge is 2.28. The summed E-state index contributed by atoms with van der Waals surface area (Å²) in [5.41, 5.74) is -0.454. The summed E-state index contributed by atoms with van der Waals surface area (Å²) in [7, 11) is 0. The zero-order valence-corrected chi connectivity index (χ0v) is 13.6. The monoisotopic (exact) mass is 327 g/mol. The summed E-state index contributed by atoms with van der Waals surface area (Å²) < 4.78 is 29.0. The van der Waals surface area contributed by atoms with E-state index in [1.807, 2.05) is 20.8 Å². The van der Waals surface area contributed by atoms with Gasteiger partial charge in [0.05, 0.1) is 6.10 Å². The van der Waals surface area contributed by atoms with Crippen LogP contribution in [0, 0.1) is 24.5 Å². The van der Waals surface area contributed by atoms with Crippen molar-refractivity contribution in [2.24, 2.45) is 0 Å². The molecule has 0 spiro atoms. The molecular weight excluding hydrogens is 304 g/mol. The lowest BCUT2D eigenvalue weighted by molar-refractivity contribution is 0.0270. The number of carbonyl (C=O) groups is 1. The van der Waals surface area contributed by atoms with E-state index in [1.165, 1.54) is 17.0 Å². The summed E-state index contributed by atoms with van der Waals surface area (Å²) in [6.45, 7) is 6.48. The minimum Gasteiger partial charge on any atom is -0.444 e. The number of ether oxygens (including phenoxy) is 1. The molecule has 1 heterocycles. The number of β-amino-alcohol motifs (C(OH)–C–C–N with tert-alkyl or cyclic N) is 1. The van der Waals surface area contributed by atoms with Gasteiger partial charge in [-0.2, -0.15) is 0 Å². The van der Waals surface area contributed by atoms with Gasteiger partial charge in [-0.1, -0.05) is 12.1 Å². The van der Waals surface area contributed by atoms with Crippen molar-refractivity contribution in [3.63, 3.8) is 0 Å². The highest BCUT2D eigenvalue weighted by molar-refractivity contribution is 5.68. The molecule has 6 heteroatoms. The lowest BCUT2D eigenvalue weighted by Gasteiger charge is -2.24. The van der Waals surface area contributed by atoms with Crippen LogP contribution in [0.1, 0.15) is 27.2 Å². The van der Waals surface area contributed by atoms with Gasteiger partial charge in [-0.15, -0.1) is 12.8 Å². The summed E-state index contributed by atoms with van der Waals surface area (Å²) in [4.78, 5) is 12.9. The summed E-state index contributed by atoms with van der Waals surface area (Å²) in [5, 5.41) is 9.20. The Kier molecular flexibility index (Phi) is 8.89. The van der Waals surface area contributed by atoms with Crippen molar-refractivity contribution in [2.45, 2.75) is 38.9 Å². The molecule has 1 saturated heterocycles. The molecule has 0 radical (unpaired) electrons. The smallest absolute Gasteiger partial charge is 0.410 e. The van der Waals surface area contributed by atoms with Gasteiger partial charge >= 0.3 is 6.09 Å². The van der Waals surface area contributed by atoms with Crippen LogP contribution in [0.3, 0.4) is 0 Å². The van der Waals surface area contributed by atoms with Crippen LogP contribution in [0.2, 0.25) is 0 Å². The van der Waals surface area contributed by atoms with Gasteiger partial charge < -0.3 is 14.7 Å². The molecule has 1 N–H and O–H groups in total. The quantitative estimate of drug-likeness (QED) is 0.745. The Morgan fingerprint density at radius 1 is 1.26 bits per heavy atom. The van der Waals surface area contributed by atoms with Gasteiger partial charge in [0.1, 0.15) is 5.60 Å². The normalized spacial score (nSPS) is 16.5. The molecule has 1 aromatic rings. The summed E-state index contributed by atoms with van der Waals surface area (Å²) in [5.74, 6) is -1.60. The first kappa shape index (κ1) is 20.9. The minimum absolute atomic E-state index is 0.330. The maximum atomic E-state index is 11.9. The zero-order chi connectivity index (χ0) is 18.0. The van der Waals surface area contributed by atoms with E-state index in [0.717, 1.165) is 12.1 Å². The topological polar surface area (TPSA) is 49.8 Å². The van der Waals surface area contributed by atoms with Crippen molar-refractivity contribution in [1.82, 2.24) is 4.90 Å². The van der Waals surface area contributed by atoms with Crippen molar-refractivity contribution in [2.75, 3.05) is 13.1 Å². The molecule has 1 aliphatic heterocycles. The predicted molar refractivity (Wildman–Crippen MR) is 84.7 cm³/mol. The number of terminal acetylenes is 1. The first-order valence-electron chi connectivity index (χ1n) is 7.08. The fourth-order valence-electron chi connectivity index (χ4n) is 1.67. The molecule has 1 fully saturated rings. The molecule has 2 rings (SSSR count). The minimum atomic E-state index is -0.799. The number of hydrogen-bond acceptors (Lipinski definition) is 3. The number of halogens is 2. The Morgan fingerprint density at radius 2 is 1.74 bits per heavy atom. The van der Waals surface area contributed by atoms with E-state index in [2.05, 4.69) is 12.8 Å². The Balaban J connectivity index is 0.000000414. The van der Waals surface area contributed by atoms with E-state index in [9.17, 15) is 18.7 Å². The molecule has 128 valence electrons. The van der Waals surface area contributed by atoms with Gasteiger partial charge in [0.25, 0.3) is 0 Å². The fourth-order valence-corrected chi connectivity index (χ4v) is 1.67. The van der Waals surface area contributed by atoms with Gasteiger partial charge in [0.15, 0.2) is 11.6 Å². The molecule has 1 aromatic carbocycles. The van der Waals surface area contributed by atoms with Crippen LogP contribution in [-0.4, -0.2) is 40.9 Å². The van der Waals surface area contributed by atoms with E-state index in [-0.39, 0.29) is 12.2 Å². The summed E-state index contributed by atoms with van der Waals surface area (Å²) in [6.07, 6.45) is 7.94.